The van der Waals surface area contributed by atoms with Crippen LogP contribution in [0.4, 0.5) is 5.82 Å². The van der Waals surface area contributed by atoms with E-state index in [1.807, 2.05) is 17.7 Å². The third-order valence-electron chi connectivity index (χ3n) is 4.48. The summed E-state index contributed by atoms with van der Waals surface area (Å²) >= 11 is 0. The van der Waals surface area contributed by atoms with Crippen LogP contribution in [0.3, 0.4) is 0 Å². The van der Waals surface area contributed by atoms with Gasteiger partial charge in [-0.05, 0) is 25.8 Å². The topological polar surface area (TPSA) is 76.2 Å². The van der Waals surface area contributed by atoms with Gasteiger partial charge in [0, 0.05) is 25.2 Å². The molecule has 1 aliphatic rings. The molecule has 1 aromatic carbocycles. The van der Waals surface area contributed by atoms with Crippen molar-refractivity contribution in [2.45, 2.75) is 38.9 Å². The first kappa shape index (κ1) is 19.4. The molecule has 0 bridgehead atoms. The molecule has 2 heterocycles. The van der Waals surface area contributed by atoms with Crippen LogP contribution in [0.2, 0.25) is 0 Å². The van der Waals surface area contributed by atoms with Gasteiger partial charge in [-0.15, -0.1) is 12.4 Å². The maximum Gasteiger partial charge on any atom is 0.242 e. The molecule has 136 valence electrons. The lowest BCUT2D eigenvalue weighted by molar-refractivity contribution is -0.117. The molecule has 1 saturated heterocycles. The van der Waals surface area contributed by atoms with Crippen LogP contribution in [0, 0.1) is 6.92 Å². The summed E-state index contributed by atoms with van der Waals surface area (Å²) in [6, 6.07) is 10.2. The molecule has 2 unspecified atom stereocenters. The number of anilines is 1. The normalized spacial score (nSPS) is 18.6. The summed E-state index contributed by atoms with van der Waals surface area (Å²) in [5, 5.41) is 7.40. The summed E-state index contributed by atoms with van der Waals surface area (Å²) < 4.78 is 1.95. The number of hydrogen-bond donors (Lipinski definition) is 2. The number of carbonyl (C=O) groups is 1. The Morgan fingerprint density at radius 3 is 2.80 bits per heavy atom. The van der Waals surface area contributed by atoms with Crippen molar-refractivity contribution in [1.29, 1.82) is 0 Å². The minimum Gasteiger partial charge on any atom is -0.320 e. The Kier molecular flexibility index (Phi) is 6.58. The predicted octanol–water partition coefficient (Wildman–Crippen LogP) is 2.35. The molecule has 1 aromatic heterocycles. The average molecular weight is 364 g/mol. The first-order chi connectivity index (χ1) is 11.5. The number of hydrogen-bond acceptors (Lipinski definition) is 4. The van der Waals surface area contributed by atoms with Crippen LogP contribution in [-0.4, -0.2) is 39.7 Å². The van der Waals surface area contributed by atoms with E-state index in [2.05, 4.69) is 39.6 Å². The third-order valence-corrected chi connectivity index (χ3v) is 4.48. The van der Waals surface area contributed by atoms with Gasteiger partial charge >= 0.3 is 0 Å². The SMILES string of the molecule is Cc1cnn(C2CCN(Cc3ccccc3)C2)c1NC(=O)C(C)N.Cl. The number of likely N-dealkylation sites (tertiary alicyclic amines) is 1. The van der Waals surface area contributed by atoms with E-state index in [1.165, 1.54) is 5.56 Å². The molecule has 1 aliphatic heterocycles. The number of halogens is 1. The number of aryl methyl sites for hydroxylation is 1. The molecule has 1 fully saturated rings. The molecule has 3 rings (SSSR count). The van der Waals surface area contributed by atoms with Crippen LogP contribution in [-0.2, 0) is 11.3 Å². The fourth-order valence-electron chi connectivity index (χ4n) is 3.11. The Labute approximate surface area is 154 Å². The average Bonchev–Trinajstić information content (AvgIpc) is 3.16. The molecule has 0 aliphatic carbocycles. The molecule has 0 radical (unpaired) electrons. The van der Waals surface area contributed by atoms with Crippen molar-refractivity contribution in [1.82, 2.24) is 14.7 Å². The van der Waals surface area contributed by atoms with Crippen molar-refractivity contribution in [2.24, 2.45) is 5.73 Å². The number of nitrogens with one attached hydrogen (secondary N) is 1. The number of carbonyl (C=O) groups excluding carboxylic acids is 1. The second-order valence-electron chi connectivity index (χ2n) is 6.56. The third kappa shape index (κ3) is 4.60. The van der Waals surface area contributed by atoms with E-state index in [0.29, 0.717) is 0 Å². The van der Waals surface area contributed by atoms with Gasteiger partial charge in [-0.1, -0.05) is 30.3 Å². The molecular formula is C18H26ClN5O. The van der Waals surface area contributed by atoms with E-state index >= 15 is 0 Å². The Bertz CT molecular complexity index is 701. The van der Waals surface area contributed by atoms with Crippen LogP contribution in [0.5, 0.6) is 0 Å². The highest BCUT2D eigenvalue weighted by atomic mass is 35.5. The van der Waals surface area contributed by atoms with Crippen LogP contribution in [0.1, 0.15) is 30.5 Å². The quantitative estimate of drug-likeness (QED) is 0.854. The monoisotopic (exact) mass is 363 g/mol. The predicted molar refractivity (Wildman–Crippen MR) is 102 cm³/mol. The maximum absolute atomic E-state index is 11.9. The summed E-state index contributed by atoms with van der Waals surface area (Å²) in [6.45, 7) is 6.54. The summed E-state index contributed by atoms with van der Waals surface area (Å²) in [5.74, 6) is 0.586. The van der Waals surface area contributed by atoms with Crippen molar-refractivity contribution in [3.05, 3.63) is 47.7 Å². The van der Waals surface area contributed by atoms with Gasteiger partial charge in [-0.25, -0.2) is 4.68 Å². The van der Waals surface area contributed by atoms with Crippen LogP contribution in [0.15, 0.2) is 36.5 Å². The summed E-state index contributed by atoms with van der Waals surface area (Å²) in [5.41, 5.74) is 7.95. The molecule has 3 N–H and O–H groups in total. The lowest BCUT2D eigenvalue weighted by Gasteiger charge is -2.18. The number of amides is 1. The van der Waals surface area contributed by atoms with Crippen LogP contribution < -0.4 is 11.1 Å². The molecule has 2 aromatic rings. The lowest BCUT2D eigenvalue weighted by Crippen LogP contribution is -2.34. The first-order valence-electron chi connectivity index (χ1n) is 8.41. The Morgan fingerprint density at radius 2 is 2.12 bits per heavy atom. The van der Waals surface area contributed by atoms with Crippen molar-refractivity contribution >= 4 is 24.1 Å². The molecule has 1 amide bonds. The molecular weight excluding hydrogens is 338 g/mol. The van der Waals surface area contributed by atoms with Crippen LogP contribution in [0.25, 0.3) is 0 Å². The van der Waals surface area contributed by atoms with Gasteiger partial charge in [0.2, 0.25) is 5.91 Å². The molecule has 6 nitrogen and oxygen atoms in total. The zero-order valence-corrected chi connectivity index (χ0v) is 15.5. The minimum atomic E-state index is -0.536. The van der Waals surface area contributed by atoms with Gasteiger partial charge in [0.15, 0.2) is 0 Å². The van der Waals surface area contributed by atoms with E-state index in [-0.39, 0.29) is 24.4 Å². The molecule has 7 heteroatoms. The highest BCUT2D eigenvalue weighted by molar-refractivity contribution is 5.94. The fraction of sp³-hybridized carbons (Fsp3) is 0.444. The fourth-order valence-corrected chi connectivity index (χ4v) is 3.11. The van der Waals surface area contributed by atoms with Gasteiger partial charge in [0.25, 0.3) is 0 Å². The Morgan fingerprint density at radius 1 is 1.40 bits per heavy atom. The summed E-state index contributed by atoms with van der Waals surface area (Å²) in [4.78, 5) is 14.4. The highest BCUT2D eigenvalue weighted by Gasteiger charge is 2.27. The number of rotatable bonds is 5. The first-order valence-corrected chi connectivity index (χ1v) is 8.41. The second-order valence-corrected chi connectivity index (χ2v) is 6.56. The summed E-state index contributed by atoms with van der Waals surface area (Å²) in [6.07, 6.45) is 2.83. The number of nitrogens with two attached hydrogens (primary N) is 1. The van der Waals surface area contributed by atoms with Gasteiger partial charge in [0.1, 0.15) is 5.82 Å². The van der Waals surface area contributed by atoms with E-state index in [1.54, 1.807) is 13.1 Å². The molecule has 0 saturated carbocycles. The smallest absolute Gasteiger partial charge is 0.242 e. The van der Waals surface area contributed by atoms with E-state index in [9.17, 15) is 4.79 Å². The minimum absolute atomic E-state index is 0. The van der Waals surface area contributed by atoms with Crippen molar-refractivity contribution in [3.8, 4) is 0 Å². The van der Waals surface area contributed by atoms with Gasteiger partial charge < -0.3 is 11.1 Å². The zero-order chi connectivity index (χ0) is 17.1. The number of aromatic nitrogens is 2. The summed E-state index contributed by atoms with van der Waals surface area (Å²) in [7, 11) is 0. The van der Waals surface area contributed by atoms with Gasteiger partial charge in [-0.2, -0.15) is 5.10 Å². The number of benzene rings is 1. The van der Waals surface area contributed by atoms with Crippen LogP contribution >= 0.6 is 12.4 Å². The van der Waals surface area contributed by atoms with Crippen molar-refractivity contribution in [2.75, 3.05) is 18.4 Å². The van der Waals surface area contributed by atoms with Crippen molar-refractivity contribution in [3.63, 3.8) is 0 Å². The van der Waals surface area contributed by atoms with E-state index < -0.39 is 6.04 Å². The molecule has 2 atom stereocenters. The molecule has 25 heavy (non-hydrogen) atoms. The second kappa shape index (κ2) is 8.47. The van der Waals surface area contributed by atoms with Gasteiger partial charge in [0.05, 0.1) is 18.3 Å². The van der Waals surface area contributed by atoms with Gasteiger partial charge in [-0.3, -0.25) is 9.69 Å². The Balaban J connectivity index is 0.00000225. The standard InChI is InChI=1S/C18H25N5O.ClH/c1-13-10-20-23(17(13)21-18(24)14(2)19)16-8-9-22(12-16)11-15-6-4-3-5-7-15;/h3-7,10,14,16H,8-9,11-12,19H2,1-2H3,(H,21,24);1H. The largest absolute Gasteiger partial charge is 0.320 e. The molecule has 0 spiro atoms. The maximum atomic E-state index is 11.9. The van der Waals surface area contributed by atoms with Crippen molar-refractivity contribution < 1.29 is 4.79 Å². The zero-order valence-electron chi connectivity index (χ0n) is 14.7. The van der Waals surface area contributed by atoms with E-state index in [4.69, 9.17) is 5.73 Å². The Hall–Kier alpha value is -1.89. The van der Waals surface area contributed by atoms with E-state index in [0.717, 1.165) is 37.4 Å². The highest BCUT2D eigenvalue weighted by Crippen LogP contribution is 2.27. The lowest BCUT2D eigenvalue weighted by atomic mass is 10.2. The number of nitrogens with zero attached hydrogens (tertiary/aromatic N) is 3.